The summed E-state index contributed by atoms with van der Waals surface area (Å²) in [4.78, 5) is 30.0. The maximum Gasteiger partial charge on any atom is 0.416 e. The summed E-state index contributed by atoms with van der Waals surface area (Å²) in [5.41, 5.74) is 2.56. The van der Waals surface area contributed by atoms with Crippen LogP contribution in [0.5, 0.6) is 0 Å². The minimum Gasteiger partial charge on any atom is -0.372 e. The summed E-state index contributed by atoms with van der Waals surface area (Å²) in [5, 5.41) is 13.1. The highest BCUT2D eigenvalue weighted by atomic mass is 19.4. The molecule has 0 saturated heterocycles. The lowest BCUT2D eigenvalue weighted by molar-refractivity contribution is -0.143. The highest BCUT2D eigenvalue weighted by molar-refractivity contribution is 6.21. The fourth-order valence-electron chi connectivity index (χ4n) is 8.26. The Balaban J connectivity index is 1.21. The van der Waals surface area contributed by atoms with Gasteiger partial charge in [0.2, 0.25) is 0 Å². The Morgan fingerprint density at radius 2 is 1.32 bits per heavy atom. The molecule has 3 heterocycles. The van der Waals surface area contributed by atoms with Crippen LogP contribution in [0.1, 0.15) is 109 Å². The van der Waals surface area contributed by atoms with Gasteiger partial charge in [-0.05, 0) is 94.1 Å². The summed E-state index contributed by atoms with van der Waals surface area (Å²) in [7, 11) is 0. The molecule has 15 heteroatoms. The van der Waals surface area contributed by atoms with E-state index in [-0.39, 0.29) is 47.7 Å². The summed E-state index contributed by atoms with van der Waals surface area (Å²) in [6, 6.07) is 21.8. The van der Waals surface area contributed by atoms with Crippen LogP contribution in [-0.4, -0.2) is 43.5 Å². The third kappa shape index (κ3) is 8.02. The third-order valence-electron chi connectivity index (χ3n) is 11.1. The molecule has 296 valence electrons. The normalized spacial score (nSPS) is 18.5. The second-order valence-electron chi connectivity index (χ2n) is 14.8. The lowest BCUT2D eigenvalue weighted by Gasteiger charge is -2.34. The summed E-state index contributed by atoms with van der Waals surface area (Å²) < 4.78 is 90.5. The number of imide groups is 1. The van der Waals surface area contributed by atoms with Crippen molar-refractivity contribution in [2.75, 3.05) is 11.4 Å². The van der Waals surface area contributed by atoms with Gasteiger partial charge in [-0.3, -0.25) is 14.5 Å². The molecule has 2 aliphatic heterocycles. The molecule has 2 atom stereocenters. The lowest BCUT2D eigenvalue weighted by atomic mass is 9.82. The molecular weight excluding hydrogens is 750 g/mol. The zero-order valence-corrected chi connectivity index (χ0v) is 30.7. The summed E-state index contributed by atoms with van der Waals surface area (Å²) in [5.74, 6) is -0.892. The Morgan fingerprint density at radius 3 is 1.96 bits per heavy atom. The molecule has 0 spiro atoms. The summed E-state index contributed by atoms with van der Waals surface area (Å²) in [6.07, 6.45) is -5.47. The molecule has 1 aliphatic carbocycles. The van der Waals surface area contributed by atoms with E-state index in [0.29, 0.717) is 19.6 Å². The Morgan fingerprint density at radius 1 is 0.702 bits per heavy atom. The maximum atomic E-state index is 14.1. The van der Waals surface area contributed by atoms with Crippen molar-refractivity contribution in [2.24, 2.45) is 0 Å². The molecular formula is C42H38F6N6O3. The number of fused-ring (bicyclic) bond motifs is 3. The van der Waals surface area contributed by atoms with Crippen molar-refractivity contribution >= 4 is 17.8 Å². The van der Waals surface area contributed by atoms with Gasteiger partial charge < -0.3 is 9.64 Å². The molecule has 0 fully saturated rings. The number of amides is 2. The van der Waals surface area contributed by atoms with Gasteiger partial charge in [0, 0.05) is 6.54 Å². The number of aromatic nitrogens is 4. The average molecular weight is 789 g/mol. The lowest BCUT2D eigenvalue weighted by Crippen LogP contribution is -2.33. The van der Waals surface area contributed by atoms with Crippen LogP contribution in [0, 0.1) is 0 Å². The monoisotopic (exact) mass is 788 g/mol. The van der Waals surface area contributed by atoms with E-state index in [0.717, 1.165) is 77.0 Å². The number of rotatable bonds is 9. The molecule has 57 heavy (non-hydrogen) atoms. The zero-order valence-electron chi connectivity index (χ0n) is 30.7. The van der Waals surface area contributed by atoms with E-state index in [1.165, 1.54) is 4.80 Å². The topological polar surface area (TPSA) is 93.5 Å². The minimum absolute atomic E-state index is 0.0186. The molecule has 0 N–H and O–H groups in total. The van der Waals surface area contributed by atoms with Crippen LogP contribution in [0.4, 0.5) is 32.3 Å². The Labute approximate surface area is 324 Å². The predicted molar refractivity (Wildman–Crippen MR) is 196 cm³/mol. The van der Waals surface area contributed by atoms with Crippen LogP contribution in [-0.2, 0) is 49.8 Å². The van der Waals surface area contributed by atoms with E-state index >= 15 is 0 Å². The molecule has 1 aromatic heterocycles. The van der Waals surface area contributed by atoms with Gasteiger partial charge in [0.1, 0.15) is 0 Å². The fourth-order valence-corrected chi connectivity index (χ4v) is 8.26. The van der Waals surface area contributed by atoms with Gasteiger partial charge in [-0.2, -0.15) is 31.1 Å². The number of benzene rings is 4. The molecule has 1 unspecified atom stereocenters. The number of carbonyl (C=O) groups is 2. The van der Waals surface area contributed by atoms with E-state index in [9.17, 15) is 35.9 Å². The first-order valence-electron chi connectivity index (χ1n) is 18.9. The fraction of sp³-hybridized carbons (Fsp3) is 0.357. The van der Waals surface area contributed by atoms with Gasteiger partial charge in [-0.15, -0.1) is 5.10 Å². The first-order valence-corrected chi connectivity index (χ1v) is 18.9. The second-order valence-corrected chi connectivity index (χ2v) is 14.8. The van der Waals surface area contributed by atoms with Crippen LogP contribution < -0.4 is 4.90 Å². The zero-order chi connectivity index (χ0) is 39.9. The van der Waals surface area contributed by atoms with E-state index < -0.39 is 47.9 Å². The van der Waals surface area contributed by atoms with Gasteiger partial charge in [0.05, 0.1) is 54.6 Å². The molecule has 0 saturated carbocycles. The number of hydrogen-bond donors (Lipinski definition) is 0. The number of hydrogen-bond acceptors (Lipinski definition) is 7. The van der Waals surface area contributed by atoms with Gasteiger partial charge in [-0.25, -0.2) is 0 Å². The number of tetrazole rings is 1. The van der Waals surface area contributed by atoms with Crippen molar-refractivity contribution in [3.8, 4) is 0 Å². The van der Waals surface area contributed by atoms with Crippen molar-refractivity contribution in [2.45, 2.75) is 89.1 Å². The first-order chi connectivity index (χ1) is 27.3. The highest BCUT2D eigenvalue weighted by Crippen LogP contribution is 2.43. The van der Waals surface area contributed by atoms with Gasteiger partial charge in [0.15, 0.2) is 0 Å². The molecule has 0 radical (unpaired) electrons. The Kier molecular flexibility index (Phi) is 10.4. The number of anilines is 1. The summed E-state index contributed by atoms with van der Waals surface area (Å²) in [6.45, 7) is 0.248. The molecule has 3 aliphatic rings. The highest BCUT2D eigenvalue weighted by Gasteiger charge is 2.39. The second kappa shape index (κ2) is 15.4. The number of alkyl halides is 6. The van der Waals surface area contributed by atoms with Gasteiger partial charge in [0.25, 0.3) is 17.8 Å². The van der Waals surface area contributed by atoms with Crippen LogP contribution in [0.3, 0.4) is 0 Å². The quantitative estimate of drug-likeness (QED) is 0.109. The van der Waals surface area contributed by atoms with Gasteiger partial charge >= 0.3 is 12.4 Å². The maximum absolute atomic E-state index is 14.1. The molecule has 2 amide bonds. The van der Waals surface area contributed by atoms with E-state index in [1.54, 1.807) is 29.2 Å². The van der Waals surface area contributed by atoms with Crippen molar-refractivity contribution < 1.29 is 40.7 Å². The van der Waals surface area contributed by atoms with Crippen LogP contribution in [0.15, 0.2) is 84.9 Å². The van der Waals surface area contributed by atoms with E-state index in [1.807, 2.05) is 18.2 Å². The van der Waals surface area contributed by atoms with Crippen LogP contribution in [0.2, 0.25) is 0 Å². The van der Waals surface area contributed by atoms with Crippen LogP contribution >= 0.6 is 0 Å². The molecule has 8 rings (SSSR count). The van der Waals surface area contributed by atoms with Crippen molar-refractivity contribution in [1.29, 1.82) is 0 Å². The molecule has 0 bridgehead atoms. The third-order valence-corrected chi connectivity index (χ3v) is 11.1. The predicted octanol–water partition coefficient (Wildman–Crippen LogP) is 9.08. The number of nitrogens with zero attached hydrogens (tertiary/aromatic N) is 6. The van der Waals surface area contributed by atoms with Crippen molar-refractivity contribution in [3.05, 3.63) is 141 Å². The molecule has 9 nitrogen and oxygen atoms in total. The number of ether oxygens (including phenoxy) is 1. The Hall–Kier alpha value is -5.57. The molecule has 5 aromatic rings. The first kappa shape index (κ1) is 38.3. The molecule has 4 aromatic carbocycles. The SMILES string of the molecule is O=C1c2ccccc2C(=O)N1CCn1nnc(N(Cc2cc(C(F)(F)F)cc(C(F)(F)F)c2)[C@H]2CCCCCC(Cc3ccccc3)c3cc4c(cc32)COC4)n1. The largest absolute Gasteiger partial charge is 0.416 e. The standard InChI is InChI=1S/C42H38F6N6O3/c43-41(44,45)31-18-27(19-32(22-31)42(46,47)48)23-53(40-49-51-54(50-40)16-15-52-38(55)33-12-7-8-13-34(33)39(52)56)37-14-6-2-5-11-28(17-26-9-3-1-4-10-26)35-20-29-24-57-25-30(29)21-36(35)37/h1,3-4,7-10,12-13,18-22,28,37H,2,5-6,11,14-17,23-25H2/t28?,37-/m0/s1. The van der Waals surface area contributed by atoms with Gasteiger partial charge in [-0.1, -0.05) is 79.0 Å². The summed E-state index contributed by atoms with van der Waals surface area (Å²) >= 11 is 0. The Bertz CT molecular complexity index is 2220. The van der Waals surface area contributed by atoms with Crippen molar-refractivity contribution in [1.82, 2.24) is 25.1 Å². The number of halogens is 6. The van der Waals surface area contributed by atoms with E-state index in [4.69, 9.17) is 4.74 Å². The number of carbonyl (C=O) groups excluding carboxylic acids is 2. The minimum atomic E-state index is -5.04. The average Bonchev–Trinajstić information content (AvgIpc) is 3.92. The van der Waals surface area contributed by atoms with E-state index in [2.05, 4.69) is 39.7 Å². The van der Waals surface area contributed by atoms with Crippen LogP contribution in [0.25, 0.3) is 0 Å². The smallest absolute Gasteiger partial charge is 0.372 e. The van der Waals surface area contributed by atoms with Crippen molar-refractivity contribution in [3.63, 3.8) is 0 Å².